The lowest BCUT2D eigenvalue weighted by atomic mass is 9.30. The number of aromatic nitrogens is 2. The average molecular weight is 1020 g/mol. The van der Waals surface area contributed by atoms with Crippen LogP contribution in [0.5, 0.6) is 0 Å². The SMILES string of the molecule is CNCC[C@]1(C)C(=O)C[C@]2(CC[C@@H](O)C2)[C@@]2(C)[C@H]3[C@H](O)[C@@H]4Cn5cc(Cc6cc(C7CCCCC7)cc(C7(O)CCOCC7)c6)c6[nH]cc(c65)CC[C@@](C)(C[C@@H](O)[C@H]5OC5(C)C)C5=C4[C@](C)(CC5=O)[C@@]3(C)CC[C@H]21. The fraction of sp³-hybridized carbons (Fsp3) is 0.746. The first-order valence-corrected chi connectivity index (χ1v) is 29.4. The second-order valence-corrected chi connectivity index (χ2v) is 28.1. The van der Waals surface area contributed by atoms with Crippen LogP contribution in [0.15, 0.2) is 41.7 Å². The van der Waals surface area contributed by atoms with Gasteiger partial charge in [-0.15, -0.1) is 0 Å². The van der Waals surface area contributed by atoms with Crippen LogP contribution >= 0.6 is 0 Å². The highest BCUT2D eigenvalue weighted by molar-refractivity contribution is 6.02. The number of Topliss-reactive ketones (excluding diaryl/α,β-unsaturated/α-hetero) is 2. The van der Waals surface area contributed by atoms with Crippen molar-refractivity contribution in [2.24, 2.45) is 50.2 Å². The number of aliphatic hydroxyl groups is 4. The molecule has 5 saturated carbocycles. The lowest BCUT2D eigenvalue weighted by Crippen LogP contribution is -2.72. The van der Waals surface area contributed by atoms with E-state index < -0.39 is 67.9 Å². The minimum Gasteiger partial charge on any atom is -0.393 e. The van der Waals surface area contributed by atoms with Gasteiger partial charge in [-0.1, -0.05) is 72.1 Å². The number of carbonyl (C=O) groups is 2. The fourth-order valence-corrected chi connectivity index (χ4v) is 19.6. The summed E-state index contributed by atoms with van der Waals surface area (Å²) in [6.07, 6.45) is 16.8. The van der Waals surface area contributed by atoms with Gasteiger partial charge in [0.2, 0.25) is 0 Å². The number of allylic oxidation sites excluding steroid dienone is 1. The first kappa shape index (κ1) is 51.6. The maximum absolute atomic E-state index is 15.7. The van der Waals surface area contributed by atoms with E-state index in [9.17, 15) is 25.2 Å². The lowest BCUT2D eigenvalue weighted by Gasteiger charge is -2.74. The van der Waals surface area contributed by atoms with Gasteiger partial charge in [-0.25, -0.2) is 0 Å². The normalized spacial score (nSPS) is 41.1. The molecule has 2 saturated heterocycles. The molecule has 6 aliphatic carbocycles. The Kier molecular flexibility index (Phi) is 12.3. The maximum Gasteiger partial charge on any atom is 0.160 e. The van der Waals surface area contributed by atoms with Crippen molar-refractivity contribution in [1.29, 1.82) is 0 Å². The number of aromatic amines is 1. The summed E-state index contributed by atoms with van der Waals surface area (Å²) in [7, 11) is 1.96. The third kappa shape index (κ3) is 7.48. The van der Waals surface area contributed by atoms with Gasteiger partial charge in [-0.05, 0) is 171 Å². The number of nitrogens with one attached hydrogen (secondary N) is 2. The Bertz CT molecular complexity index is 2760. The number of ketones is 2. The predicted octanol–water partition coefficient (Wildman–Crippen LogP) is 9.91. The molecule has 13 atom stereocenters. The summed E-state index contributed by atoms with van der Waals surface area (Å²) in [5.74, 6) is 0.222. The van der Waals surface area contributed by atoms with E-state index in [2.05, 4.69) is 80.1 Å². The molecule has 1 spiro atoms. The number of aryl methyl sites for hydroxylation is 1. The van der Waals surface area contributed by atoms with Crippen LogP contribution in [0.3, 0.4) is 0 Å². The van der Waals surface area contributed by atoms with Crippen molar-refractivity contribution in [1.82, 2.24) is 14.9 Å². The van der Waals surface area contributed by atoms with Crippen molar-refractivity contribution in [3.63, 3.8) is 0 Å². The molecule has 2 aromatic heterocycles. The van der Waals surface area contributed by atoms with E-state index in [1.807, 2.05) is 20.9 Å². The third-order valence-electron chi connectivity index (χ3n) is 23.8. The third-order valence-corrected chi connectivity index (χ3v) is 23.8. The van der Waals surface area contributed by atoms with Crippen LogP contribution in [0, 0.1) is 50.2 Å². The summed E-state index contributed by atoms with van der Waals surface area (Å²) in [4.78, 5) is 34.4. The highest BCUT2D eigenvalue weighted by Gasteiger charge is 2.77. The molecule has 11 nitrogen and oxygen atoms in total. The molecule has 6 N–H and O–H groups in total. The smallest absolute Gasteiger partial charge is 0.160 e. The molecule has 0 unspecified atom stereocenters. The number of nitrogens with zero attached hydrogens (tertiary/aromatic N) is 1. The van der Waals surface area contributed by atoms with Crippen LogP contribution in [-0.2, 0) is 44.1 Å². The minimum absolute atomic E-state index is 0.00945. The Morgan fingerprint density at radius 2 is 1.65 bits per heavy atom. The number of ether oxygens (including phenoxy) is 2. The Morgan fingerprint density at radius 1 is 0.905 bits per heavy atom. The van der Waals surface area contributed by atoms with Crippen molar-refractivity contribution in [2.45, 2.75) is 219 Å². The van der Waals surface area contributed by atoms with E-state index in [0.717, 1.165) is 60.0 Å². The van der Waals surface area contributed by atoms with Gasteiger partial charge in [-0.2, -0.15) is 0 Å². The van der Waals surface area contributed by atoms with Gasteiger partial charge in [-0.3, -0.25) is 9.59 Å². The minimum atomic E-state index is -0.933. The highest BCUT2D eigenvalue weighted by atomic mass is 16.6. The number of H-pyrrole nitrogens is 1. The molecule has 11 heteroatoms. The number of fused-ring (bicyclic) bond motifs is 5. The van der Waals surface area contributed by atoms with Crippen LogP contribution in [0.1, 0.15) is 191 Å². The van der Waals surface area contributed by atoms with E-state index >= 15 is 4.79 Å². The topological polar surface area (TPSA) is 170 Å². The number of benzene rings is 1. The van der Waals surface area contributed by atoms with Crippen molar-refractivity contribution in [3.05, 3.63) is 69.6 Å². The van der Waals surface area contributed by atoms with Crippen LogP contribution in [0.2, 0.25) is 0 Å². The van der Waals surface area contributed by atoms with Gasteiger partial charge in [0.05, 0.1) is 40.5 Å². The quantitative estimate of drug-likeness (QED) is 0.108. The standard InChI is InChI=1S/C63H89N3O8/c1-56(2)55(74-56)46(69)31-57(3)17-14-39-34-65-51-41(27-37-26-40(38-12-10-9-11-13-38)29-42(28-37)63(72)21-24-73-25-22-63)35-66(52(39)51)36-44-49-50(57)45(68)32-60(49,6)59(5)18-16-47-58(4,20-23-64-8)48(70)33-62(19-15-43(67)30-62)61(47,7)54(59)53(44)71/h26,28-29,34-35,38,43-44,46-47,53-55,64-65,67,69,71-72H,9-25,27,30-33,36H2,1-8H3/t43-,44-,46-,47+,53-,54+,55-,57+,58+,59+,60+,61-,62-/m1/s1. The molecule has 5 heterocycles. The van der Waals surface area contributed by atoms with Gasteiger partial charge in [0.15, 0.2) is 5.78 Å². The number of epoxide rings is 1. The van der Waals surface area contributed by atoms with Gasteiger partial charge in [0, 0.05) is 86.6 Å². The molecule has 12 rings (SSSR count). The number of rotatable bonds is 10. The second kappa shape index (κ2) is 17.7. The van der Waals surface area contributed by atoms with Crippen molar-refractivity contribution in [3.8, 4) is 0 Å². The van der Waals surface area contributed by atoms with Gasteiger partial charge < -0.3 is 44.8 Å². The van der Waals surface area contributed by atoms with E-state index in [0.29, 0.717) is 95.7 Å². The molecule has 3 aliphatic heterocycles. The van der Waals surface area contributed by atoms with Crippen molar-refractivity contribution in [2.75, 3.05) is 26.8 Å². The summed E-state index contributed by atoms with van der Waals surface area (Å²) in [6.45, 7) is 18.0. The molecule has 7 fully saturated rings. The Hall–Kier alpha value is -3.16. The number of hydrogen-bond donors (Lipinski definition) is 6. The molecule has 3 aromatic rings. The monoisotopic (exact) mass is 1020 g/mol. The molecule has 0 radical (unpaired) electrons. The van der Waals surface area contributed by atoms with Gasteiger partial charge >= 0.3 is 0 Å². The highest BCUT2D eigenvalue weighted by Crippen LogP contribution is 2.80. The summed E-state index contributed by atoms with van der Waals surface area (Å²) in [5, 5.41) is 53.6. The van der Waals surface area contributed by atoms with Crippen molar-refractivity contribution < 1.29 is 39.5 Å². The average Bonchev–Trinajstić information content (AvgIpc) is 3.78. The van der Waals surface area contributed by atoms with E-state index in [4.69, 9.17) is 9.47 Å². The predicted molar refractivity (Wildman–Crippen MR) is 287 cm³/mol. The first-order valence-electron chi connectivity index (χ1n) is 29.4. The van der Waals surface area contributed by atoms with E-state index in [-0.39, 0.29) is 23.7 Å². The number of hydrogen-bond acceptors (Lipinski definition) is 9. The van der Waals surface area contributed by atoms with E-state index in [1.54, 1.807) is 0 Å². The van der Waals surface area contributed by atoms with Crippen LogP contribution in [0.4, 0.5) is 0 Å². The summed E-state index contributed by atoms with van der Waals surface area (Å²) in [5.41, 5.74) is 5.22. The number of carbonyl (C=O) groups excluding carboxylic acids is 2. The first-order chi connectivity index (χ1) is 35.0. The molecular formula is C63H89N3O8. The zero-order valence-corrected chi connectivity index (χ0v) is 46.1. The lowest BCUT2D eigenvalue weighted by molar-refractivity contribution is -0.262. The molecule has 9 aliphatic rings. The molecule has 0 amide bonds. The Morgan fingerprint density at radius 3 is 2.34 bits per heavy atom. The summed E-state index contributed by atoms with van der Waals surface area (Å²) >= 11 is 0. The largest absolute Gasteiger partial charge is 0.393 e. The fourth-order valence-electron chi connectivity index (χ4n) is 19.6. The zero-order valence-electron chi connectivity index (χ0n) is 46.1. The molecule has 1 aromatic carbocycles. The second-order valence-electron chi connectivity index (χ2n) is 28.1. The molecular weight excluding hydrogens is 927 g/mol. The molecule has 0 bridgehead atoms. The molecule has 74 heavy (non-hydrogen) atoms. The van der Waals surface area contributed by atoms with Crippen LogP contribution in [-0.4, -0.2) is 98.4 Å². The van der Waals surface area contributed by atoms with Crippen molar-refractivity contribution >= 4 is 22.6 Å². The zero-order chi connectivity index (χ0) is 52.2. The Balaban J connectivity index is 1.03. The summed E-state index contributed by atoms with van der Waals surface area (Å²) < 4.78 is 14.3. The number of aliphatic hydroxyl groups excluding tert-OH is 3. The van der Waals surface area contributed by atoms with E-state index in [1.165, 1.54) is 54.4 Å². The van der Waals surface area contributed by atoms with Gasteiger partial charge in [0.25, 0.3) is 0 Å². The molecule has 404 valence electrons. The summed E-state index contributed by atoms with van der Waals surface area (Å²) in [6, 6.07) is 6.98. The Labute approximate surface area is 440 Å². The van der Waals surface area contributed by atoms with Crippen LogP contribution < -0.4 is 5.32 Å². The maximum atomic E-state index is 15.7. The van der Waals surface area contributed by atoms with Crippen LogP contribution in [0.25, 0.3) is 11.0 Å². The van der Waals surface area contributed by atoms with Gasteiger partial charge in [0.1, 0.15) is 11.9 Å².